The second-order valence-electron chi connectivity index (χ2n) is 1.81. The van der Waals surface area contributed by atoms with Crippen LogP contribution in [0.4, 0.5) is 0 Å². The molecule has 1 atom stereocenters. The molecule has 0 aromatic heterocycles. The molecule has 0 rings (SSSR count). The third-order valence-corrected chi connectivity index (χ3v) is 0.882. The summed E-state index contributed by atoms with van der Waals surface area (Å²) in [5.41, 5.74) is 0. The van der Waals surface area contributed by atoms with Gasteiger partial charge in [-0.3, -0.25) is 0 Å². The highest BCUT2D eigenvalue weighted by Gasteiger charge is 1.90. The van der Waals surface area contributed by atoms with Crippen LogP contribution in [0.5, 0.6) is 0 Å². The Kier molecular flexibility index (Phi) is 2.18. The number of hydrogen-bond acceptors (Lipinski definition) is 1. The van der Waals surface area contributed by atoms with E-state index in [0.29, 0.717) is 6.04 Å². The van der Waals surface area contributed by atoms with Crippen LogP contribution in [0.3, 0.4) is 0 Å². The summed E-state index contributed by atoms with van der Waals surface area (Å²) >= 11 is 0. The third-order valence-electron chi connectivity index (χ3n) is 0.882. The van der Waals surface area contributed by atoms with Gasteiger partial charge in [-0.25, -0.2) is 0 Å². The molecule has 0 heterocycles. The summed E-state index contributed by atoms with van der Waals surface area (Å²) in [4.78, 5) is 2.06. The summed E-state index contributed by atoms with van der Waals surface area (Å²) in [5.74, 6) is 0. The molecule has 0 amide bonds. The van der Waals surface area contributed by atoms with Gasteiger partial charge in [0, 0.05) is 6.04 Å². The van der Waals surface area contributed by atoms with Crippen molar-refractivity contribution in [3.05, 3.63) is 6.92 Å². The highest BCUT2D eigenvalue weighted by molar-refractivity contribution is 4.58. The van der Waals surface area contributed by atoms with E-state index in [4.69, 9.17) is 0 Å². The van der Waals surface area contributed by atoms with Crippen molar-refractivity contribution in [2.45, 2.75) is 13.0 Å². The van der Waals surface area contributed by atoms with E-state index < -0.39 is 0 Å². The van der Waals surface area contributed by atoms with Crippen LogP contribution >= 0.6 is 0 Å². The SMILES string of the molecule is [CH2][C@@H](C)N(C)C. The molecule has 0 unspecified atom stereocenters. The maximum absolute atomic E-state index is 3.76. The zero-order valence-electron chi connectivity index (χ0n) is 4.73. The van der Waals surface area contributed by atoms with Gasteiger partial charge in [0.25, 0.3) is 0 Å². The molecular formula is C5H12N. The minimum atomic E-state index is 0.435. The Hall–Kier alpha value is -0.0400. The second-order valence-corrected chi connectivity index (χ2v) is 1.81. The summed E-state index contributed by atoms with van der Waals surface area (Å²) in [6, 6.07) is 0.435. The molecule has 0 bridgehead atoms. The predicted molar refractivity (Wildman–Crippen MR) is 28.5 cm³/mol. The van der Waals surface area contributed by atoms with E-state index in [1.807, 2.05) is 14.1 Å². The molecule has 0 aromatic carbocycles. The third kappa shape index (κ3) is 2.21. The lowest BCUT2D eigenvalue weighted by Crippen LogP contribution is -2.20. The summed E-state index contributed by atoms with van der Waals surface area (Å²) < 4.78 is 0. The molecule has 0 spiro atoms. The molecule has 1 nitrogen and oxygen atoms in total. The minimum absolute atomic E-state index is 0.435. The van der Waals surface area contributed by atoms with E-state index >= 15 is 0 Å². The summed E-state index contributed by atoms with van der Waals surface area (Å²) in [6.07, 6.45) is 0. The first-order valence-corrected chi connectivity index (χ1v) is 2.14. The Morgan fingerprint density at radius 1 is 1.50 bits per heavy atom. The average molecular weight is 86.2 g/mol. The maximum Gasteiger partial charge on any atom is 0.00614 e. The van der Waals surface area contributed by atoms with Crippen LogP contribution in [0.1, 0.15) is 6.92 Å². The number of rotatable bonds is 1. The Bertz CT molecular complexity index is 24.9. The monoisotopic (exact) mass is 86.1 g/mol. The van der Waals surface area contributed by atoms with Gasteiger partial charge >= 0.3 is 0 Å². The highest BCUT2D eigenvalue weighted by Crippen LogP contribution is 1.83. The highest BCUT2D eigenvalue weighted by atomic mass is 15.1. The zero-order chi connectivity index (χ0) is 5.15. The van der Waals surface area contributed by atoms with Crippen molar-refractivity contribution in [1.29, 1.82) is 0 Å². The minimum Gasteiger partial charge on any atom is -0.307 e. The molecule has 1 heteroatoms. The molecule has 0 saturated heterocycles. The van der Waals surface area contributed by atoms with E-state index in [2.05, 4.69) is 18.7 Å². The number of nitrogens with zero attached hydrogens (tertiary/aromatic N) is 1. The standard InChI is InChI=1S/C5H12N/c1-5(2)6(3)4/h5H,1H2,2-4H3/t5-/m0/s1. The van der Waals surface area contributed by atoms with Crippen LogP contribution in [-0.4, -0.2) is 25.0 Å². The van der Waals surface area contributed by atoms with Crippen molar-refractivity contribution in [3.8, 4) is 0 Å². The maximum atomic E-state index is 3.76. The van der Waals surface area contributed by atoms with Crippen molar-refractivity contribution in [2.75, 3.05) is 14.1 Å². The summed E-state index contributed by atoms with van der Waals surface area (Å²) in [5, 5.41) is 0. The van der Waals surface area contributed by atoms with Crippen molar-refractivity contribution in [3.63, 3.8) is 0 Å². The molecule has 1 radical (unpaired) electrons. The molecule has 0 aromatic rings. The second kappa shape index (κ2) is 2.19. The van der Waals surface area contributed by atoms with Crippen molar-refractivity contribution < 1.29 is 0 Å². The molecule has 6 heavy (non-hydrogen) atoms. The molecule has 0 aliphatic carbocycles. The van der Waals surface area contributed by atoms with Crippen molar-refractivity contribution in [1.82, 2.24) is 4.90 Å². The van der Waals surface area contributed by atoms with E-state index in [-0.39, 0.29) is 0 Å². The Labute approximate surface area is 40.0 Å². The fourth-order valence-corrected chi connectivity index (χ4v) is 0. The van der Waals surface area contributed by atoms with E-state index in [9.17, 15) is 0 Å². The molecule has 37 valence electrons. The van der Waals surface area contributed by atoms with Crippen molar-refractivity contribution in [2.24, 2.45) is 0 Å². The fraction of sp³-hybridized carbons (Fsp3) is 0.800. The first kappa shape index (κ1) is 5.96. The zero-order valence-corrected chi connectivity index (χ0v) is 4.73. The topological polar surface area (TPSA) is 3.24 Å². The van der Waals surface area contributed by atoms with E-state index in [1.165, 1.54) is 0 Å². The molecule has 0 aliphatic rings. The Balaban J connectivity index is 2.99. The van der Waals surface area contributed by atoms with Crippen LogP contribution < -0.4 is 0 Å². The summed E-state index contributed by atoms with van der Waals surface area (Å²) in [7, 11) is 4.02. The van der Waals surface area contributed by atoms with Gasteiger partial charge in [-0.15, -0.1) is 0 Å². The van der Waals surface area contributed by atoms with Crippen molar-refractivity contribution >= 4 is 0 Å². The lowest BCUT2D eigenvalue weighted by Gasteiger charge is -2.12. The quantitative estimate of drug-likeness (QED) is 0.455. The normalized spacial score (nSPS) is 11.0. The molecule has 0 saturated carbocycles. The Morgan fingerprint density at radius 3 is 1.67 bits per heavy atom. The molecule has 0 fully saturated rings. The van der Waals surface area contributed by atoms with Gasteiger partial charge in [0.15, 0.2) is 0 Å². The van der Waals surface area contributed by atoms with Crippen LogP contribution in [-0.2, 0) is 0 Å². The first-order valence-electron chi connectivity index (χ1n) is 2.14. The average Bonchev–Trinajstić information content (AvgIpc) is 1.36. The van der Waals surface area contributed by atoms with Crippen LogP contribution in [0.25, 0.3) is 0 Å². The summed E-state index contributed by atoms with van der Waals surface area (Å²) in [6.45, 7) is 5.82. The predicted octanol–water partition coefficient (Wildman–Crippen LogP) is 0.771. The lowest BCUT2D eigenvalue weighted by molar-refractivity contribution is 0.362. The van der Waals surface area contributed by atoms with Crippen LogP contribution in [0.15, 0.2) is 0 Å². The first-order chi connectivity index (χ1) is 2.64. The van der Waals surface area contributed by atoms with Gasteiger partial charge in [0.2, 0.25) is 0 Å². The van der Waals surface area contributed by atoms with Gasteiger partial charge in [-0.2, -0.15) is 0 Å². The number of hydrogen-bond donors (Lipinski definition) is 0. The van der Waals surface area contributed by atoms with Crippen LogP contribution in [0, 0.1) is 6.92 Å². The Morgan fingerprint density at radius 2 is 1.67 bits per heavy atom. The van der Waals surface area contributed by atoms with Crippen LogP contribution in [0.2, 0.25) is 0 Å². The fourth-order valence-electron chi connectivity index (χ4n) is 0. The largest absolute Gasteiger partial charge is 0.307 e. The van der Waals surface area contributed by atoms with Gasteiger partial charge in [-0.1, -0.05) is 0 Å². The van der Waals surface area contributed by atoms with E-state index in [1.54, 1.807) is 0 Å². The van der Waals surface area contributed by atoms with Gasteiger partial charge in [-0.05, 0) is 27.9 Å². The van der Waals surface area contributed by atoms with Gasteiger partial charge in [0.05, 0.1) is 0 Å². The van der Waals surface area contributed by atoms with Gasteiger partial charge < -0.3 is 4.90 Å². The molecule has 0 aliphatic heterocycles. The smallest absolute Gasteiger partial charge is 0.00614 e. The molecular weight excluding hydrogens is 74.1 g/mol. The van der Waals surface area contributed by atoms with Gasteiger partial charge in [0.1, 0.15) is 0 Å². The van der Waals surface area contributed by atoms with E-state index in [0.717, 1.165) is 0 Å². The lowest BCUT2D eigenvalue weighted by atomic mass is 10.4. The molecule has 0 N–H and O–H groups in total.